The van der Waals surface area contributed by atoms with Crippen LogP contribution in [0.25, 0.3) is 0 Å². The van der Waals surface area contributed by atoms with Gasteiger partial charge in [0.25, 0.3) is 0 Å². The van der Waals surface area contributed by atoms with Gasteiger partial charge in [-0.05, 0) is 123 Å². The third-order valence-corrected chi connectivity index (χ3v) is 12.3. The molecule has 4 bridgehead atoms. The summed E-state index contributed by atoms with van der Waals surface area (Å²) in [6, 6.07) is 22.4. The third kappa shape index (κ3) is 19.2. The Balaban J connectivity index is 0.000000349. The predicted octanol–water partition coefficient (Wildman–Crippen LogP) is 13.7. The first-order chi connectivity index (χ1) is 31.8. The molecule has 67 heavy (non-hydrogen) atoms. The molecule has 0 radical (unpaired) electrons. The van der Waals surface area contributed by atoms with Gasteiger partial charge in [-0.15, -0.1) is 0 Å². The van der Waals surface area contributed by atoms with Crippen molar-refractivity contribution in [3.63, 3.8) is 0 Å². The Bertz CT molecular complexity index is 2100. The minimum atomic E-state index is -0.826. The van der Waals surface area contributed by atoms with E-state index in [2.05, 4.69) is 36.0 Å². The molecule has 18 heteroatoms. The van der Waals surface area contributed by atoms with E-state index >= 15 is 0 Å². The van der Waals surface area contributed by atoms with Gasteiger partial charge in [-0.3, -0.25) is 15.0 Å². The molecule has 0 spiro atoms. The van der Waals surface area contributed by atoms with Crippen molar-refractivity contribution in [1.82, 2.24) is 0 Å². The average Bonchev–Trinajstić information content (AvgIpc) is 3.28. The van der Waals surface area contributed by atoms with E-state index in [0.717, 1.165) is 79.7 Å². The number of rotatable bonds is 9. The van der Waals surface area contributed by atoms with Gasteiger partial charge in [-0.25, -0.2) is 0 Å². The van der Waals surface area contributed by atoms with Crippen molar-refractivity contribution >= 4 is 81.1 Å². The normalized spacial score (nSPS) is 18.7. The molecule has 9 nitrogen and oxygen atoms in total. The van der Waals surface area contributed by atoms with E-state index in [4.69, 9.17) is 60.8 Å². The van der Waals surface area contributed by atoms with Crippen molar-refractivity contribution in [3.05, 3.63) is 106 Å². The summed E-state index contributed by atoms with van der Waals surface area (Å²) in [4.78, 5) is 16.9. The standard InChI is InChI=1S/C27H33NO2.2C11H16N2O.6ClH.3Zr/c1-27(2,22-7-5-4-6-8-22)24-15-23(30-3)14-21(26(24)29)16-28-25-19-10-17-9-18(12-19)13-20(25)11-17;2*1-8-5-10(13(3)4)6-9(7-12-2)11(8)14;;;;;;;;;/h4-8,14-20,25,29H,9-13H2,1-3H3;2*5-7,14H,1-4H3;6*1H;;;/q;;;;;;;;;3*+2/p-6. The maximum atomic E-state index is 11.2. The Morgan fingerprint density at radius 2 is 1.01 bits per heavy atom. The monoisotopic (exact) mass is 1270 g/mol. The van der Waals surface area contributed by atoms with Gasteiger partial charge in [-0.2, -0.15) is 0 Å². The van der Waals surface area contributed by atoms with Crippen LogP contribution in [0.15, 0.2) is 81.7 Å². The Hall–Kier alpha value is -0.921. The molecular formula is C49H65Cl6N5O4Zr3. The van der Waals surface area contributed by atoms with Crippen LogP contribution in [0, 0.1) is 37.5 Å². The summed E-state index contributed by atoms with van der Waals surface area (Å²) < 4.78 is 5.60. The number of hydrogen-bond acceptors (Lipinski definition) is 9. The van der Waals surface area contributed by atoms with Crippen molar-refractivity contribution in [2.75, 3.05) is 59.2 Å². The number of benzene rings is 4. The molecule has 4 aliphatic rings. The summed E-state index contributed by atoms with van der Waals surface area (Å²) in [7, 11) is 42.6. The first-order valence-corrected chi connectivity index (χ1v) is 40.6. The number of anilines is 2. The van der Waals surface area contributed by atoms with Gasteiger partial charge in [0, 0.05) is 100.0 Å². The number of aryl methyl sites for hydroxylation is 2. The Labute approximate surface area is 456 Å². The van der Waals surface area contributed by atoms with Crippen LogP contribution in [0.3, 0.4) is 0 Å². The second-order valence-corrected chi connectivity index (χ2v) is 28.7. The van der Waals surface area contributed by atoms with Crippen molar-refractivity contribution in [2.24, 2.45) is 38.6 Å². The van der Waals surface area contributed by atoms with E-state index in [1.165, 1.54) is 32.1 Å². The Morgan fingerprint density at radius 3 is 1.39 bits per heavy atom. The first-order valence-electron chi connectivity index (χ1n) is 21.6. The molecule has 0 aromatic heterocycles. The van der Waals surface area contributed by atoms with Crippen LogP contribution in [0.5, 0.6) is 23.0 Å². The molecule has 4 aromatic rings. The average molecular weight is 1270 g/mol. The fourth-order valence-corrected chi connectivity index (χ4v) is 9.20. The van der Waals surface area contributed by atoms with E-state index in [1.807, 2.05) is 113 Å². The predicted molar refractivity (Wildman–Crippen MR) is 278 cm³/mol. The molecule has 0 atom stereocenters. The Kier molecular flexibility index (Phi) is 29.9. The molecule has 3 N–H and O–H groups in total. The number of aromatic hydroxyl groups is 3. The van der Waals surface area contributed by atoms with Crippen LogP contribution in [0.1, 0.15) is 84.9 Å². The van der Waals surface area contributed by atoms with Crippen LogP contribution in [0.2, 0.25) is 0 Å². The number of hydrogen-bond donors (Lipinski definition) is 3. The van der Waals surface area contributed by atoms with Gasteiger partial charge in [0.05, 0.1) is 13.2 Å². The molecule has 0 saturated heterocycles. The SMILES string of the molecule is CN=Cc1cc(N(C)C)cc(C)c1O.CN=Cc1cc(N(C)C)cc(C)c1O.COc1cc(C=NC2C3CC4CC(C3)CC2C4)c(O)c(C(C)(C)c2ccccc2)c1.[Cl][Zr][Cl].[Cl][Zr][Cl].[Cl][Zr][Cl]. The van der Waals surface area contributed by atoms with Crippen LogP contribution in [0.4, 0.5) is 11.4 Å². The molecule has 4 saturated carbocycles. The zero-order valence-electron chi connectivity index (χ0n) is 40.3. The maximum absolute atomic E-state index is 11.2. The summed E-state index contributed by atoms with van der Waals surface area (Å²) in [5.74, 6) is 5.07. The van der Waals surface area contributed by atoms with E-state index in [0.29, 0.717) is 23.3 Å². The van der Waals surface area contributed by atoms with Crippen molar-refractivity contribution in [1.29, 1.82) is 0 Å². The molecule has 0 amide bonds. The van der Waals surface area contributed by atoms with Crippen LogP contribution in [-0.2, 0) is 68.0 Å². The molecule has 8 rings (SSSR count). The van der Waals surface area contributed by atoms with Gasteiger partial charge >= 0.3 is 114 Å². The zero-order chi connectivity index (χ0) is 50.4. The van der Waals surface area contributed by atoms with Crippen LogP contribution in [-0.4, -0.2) is 89.4 Å². The molecule has 4 fully saturated rings. The molecule has 364 valence electrons. The third-order valence-electron chi connectivity index (χ3n) is 12.3. The second-order valence-electron chi connectivity index (χ2n) is 17.5. The molecule has 0 aliphatic heterocycles. The van der Waals surface area contributed by atoms with E-state index in [1.54, 1.807) is 33.6 Å². The number of nitrogens with zero attached hydrogens (tertiary/aromatic N) is 5. The van der Waals surface area contributed by atoms with E-state index in [9.17, 15) is 15.3 Å². The summed E-state index contributed by atoms with van der Waals surface area (Å²) in [5.41, 5.74) is 7.85. The van der Waals surface area contributed by atoms with Gasteiger partial charge in [0.1, 0.15) is 23.0 Å². The summed E-state index contributed by atoms with van der Waals surface area (Å²) in [5, 5.41) is 30.7. The van der Waals surface area contributed by atoms with Gasteiger partial charge in [0.15, 0.2) is 0 Å². The number of aliphatic imine (C=N–C) groups is 3. The van der Waals surface area contributed by atoms with Gasteiger partial charge in [0.2, 0.25) is 0 Å². The summed E-state index contributed by atoms with van der Waals surface area (Å²) >= 11 is -2.48. The minimum absolute atomic E-state index is 0.307. The van der Waals surface area contributed by atoms with E-state index < -0.39 is 62.5 Å². The number of phenols is 3. The Morgan fingerprint density at radius 1 is 0.612 bits per heavy atom. The number of methoxy groups -OCH3 is 1. The van der Waals surface area contributed by atoms with Gasteiger partial charge in [-0.1, -0.05) is 44.2 Å². The molecule has 4 aliphatic carbocycles. The molecule has 4 aromatic carbocycles. The van der Waals surface area contributed by atoms with E-state index in [-0.39, 0.29) is 5.41 Å². The topological polar surface area (TPSA) is 113 Å². The first kappa shape index (κ1) is 62.2. The quantitative estimate of drug-likeness (QED) is 0.144. The van der Waals surface area contributed by atoms with Crippen molar-refractivity contribution < 1.29 is 82.6 Å². The number of ether oxygens (including phenoxy) is 1. The summed E-state index contributed by atoms with van der Waals surface area (Å²) in [6.45, 7) is 8.07. The molecular weight excluding hydrogens is 1210 g/mol. The van der Waals surface area contributed by atoms with Crippen molar-refractivity contribution in [2.45, 2.75) is 71.3 Å². The van der Waals surface area contributed by atoms with Crippen LogP contribution < -0.4 is 14.5 Å². The number of phenolic OH excluding ortho intramolecular Hbond substituents is 3. The van der Waals surface area contributed by atoms with Crippen molar-refractivity contribution in [3.8, 4) is 23.0 Å². The zero-order valence-corrected chi connectivity index (χ0v) is 52.2. The fourth-order valence-electron chi connectivity index (χ4n) is 9.20. The van der Waals surface area contributed by atoms with Gasteiger partial charge < -0.3 is 29.9 Å². The molecule has 0 heterocycles. The fraction of sp³-hybridized carbons (Fsp3) is 0.449. The second kappa shape index (κ2) is 32.2. The molecule has 0 unspecified atom stereocenters. The number of halogens is 6. The van der Waals surface area contributed by atoms with Crippen LogP contribution >= 0.6 is 51.1 Å². The summed E-state index contributed by atoms with van der Waals surface area (Å²) in [6.07, 6.45) is 12.1.